The van der Waals surface area contributed by atoms with Crippen molar-refractivity contribution in [3.8, 4) is 0 Å². The lowest BCUT2D eigenvalue weighted by atomic mass is 10.2. The smallest absolute Gasteiger partial charge is 0.410 e. The van der Waals surface area contributed by atoms with Crippen LogP contribution in [0.2, 0.25) is 5.02 Å². The molecule has 0 aliphatic heterocycles. The number of halogens is 2. The van der Waals surface area contributed by atoms with Crippen molar-refractivity contribution in [2.75, 3.05) is 13.1 Å². The fraction of sp³-hybridized carbons (Fsp3) is 0.588. The highest BCUT2D eigenvalue weighted by Gasteiger charge is 2.34. The average Bonchev–Trinajstić information content (AvgIpc) is 3.24. The van der Waals surface area contributed by atoms with Crippen LogP contribution < -0.4 is 5.32 Å². The molecule has 1 aromatic rings. The molecule has 128 valence electrons. The summed E-state index contributed by atoms with van der Waals surface area (Å²) in [6.45, 7) is 7.75. The number of hydrogen-bond donors (Lipinski definition) is 1. The van der Waals surface area contributed by atoms with E-state index in [0.29, 0.717) is 25.7 Å². The Balaban J connectivity index is 1.81. The Bertz CT molecular complexity index is 556. The van der Waals surface area contributed by atoms with Gasteiger partial charge in [-0.2, -0.15) is 0 Å². The Morgan fingerprint density at radius 3 is 2.74 bits per heavy atom. The SMILES string of the molecule is CC(C)(C)OC(=O)N(CCNCc1cc(Cl)ccc1Br)C1CC1. The summed E-state index contributed by atoms with van der Waals surface area (Å²) < 4.78 is 6.51. The van der Waals surface area contributed by atoms with Crippen molar-refractivity contribution in [1.29, 1.82) is 0 Å². The van der Waals surface area contributed by atoms with Gasteiger partial charge in [0.15, 0.2) is 0 Å². The number of nitrogens with zero attached hydrogens (tertiary/aromatic N) is 1. The molecule has 0 bridgehead atoms. The number of carbonyl (C=O) groups is 1. The molecule has 1 amide bonds. The fourth-order valence-electron chi connectivity index (χ4n) is 2.23. The molecule has 2 rings (SSSR count). The lowest BCUT2D eigenvalue weighted by molar-refractivity contribution is 0.0236. The Kier molecular flexibility index (Phi) is 6.34. The Morgan fingerprint density at radius 2 is 2.13 bits per heavy atom. The summed E-state index contributed by atoms with van der Waals surface area (Å²) in [6, 6.07) is 6.07. The van der Waals surface area contributed by atoms with Gasteiger partial charge in [-0.3, -0.25) is 0 Å². The van der Waals surface area contributed by atoms with Gasteiger partial charge in [0.1, 0.15) is 5.60 Å². The molecular weight excluding hydrogens is 380 g/mol. The van der Waals surface area contributed by atoms with Crippen molar-refractivity contribution in [2.24, 2.45) is 0 Å². The molecule has 1 saturated carbocycles. The molecule has 4 nitrogen and oxygen atoms in total. The summed E-state index contributed by atoms with van der Waals surface area (Å²) >= 11 is 9.53. The highest BCUT2D eigenvalue weighted by atomic mass is 79.9. The molecule has 1 aromatic carbocycles. The maximum Gasteiger partial charge on any atom is 0.410 e. The summed E-state index contributed by atoms with van der Waals surface area (Å²) in [5.41, 5.74) is 0.649. The van der Waals surface area contributed by atoms with Crippen molar-refractivity contribution >= 4 is 33.6 Å². The number of hydrogen-bond acceptors (Lipinski definition) is 3. The molecule has 0 saturated heterocycles. The van der Waals surface area contributed by atoms with E-state index in [1.807, 2.05) is 43.9 Å². The van der Waals surface area contributed by atoms with Gasteiger partial charge in [-0.05, 0) is 57.4 Å². The highest BCUT2D eigenvalue weighted by molar-refractivity contribution is 9.10. The van der Waals surface area contributed by atoms with Crippen LogP contribution >= 0.6 is 27.5 Å². The first kappa shape index (κ1) is 18.6. The lowest BCUT2D eigenvalue weighted by Gasteiger charge is -2.27. The van der Waals surface area contributed by atoms with Crippen LogP contribution in [-0.2, 0) is 11.3 Å². The van der Waals surface area contributed by atoms with Crippen LogP contribution in [0, 0.1) is 0 Å². The molecule has 0 radical (unpaired) electrons. The molecule has 1 aliphatic rings. The predicted octanol–water partition coefficient (Wildman–Crippen LogP) is 4.59. The van der Waals surface area contributed by atoms with Gasteiger partial charge < -0.3 is 15.0 Å². The van der Waals surface area contributed by atoms with Crippen molar-refractivity contribution in [3.05, 3.63) is 33.3 Å². The number of rotatable bonds is 6. The van der Waals surface area contributed by atoms with Gasteiger partial charge in [0.2, 0.25) is 0 Å². The monoisotopic (exact) mass is 402 g/mol. The van der Waals surface area contributed by atoms with Gasteiger partial charge in [-0.25, -0.2) is 4.79 Å². The van der Waals surface area contributed by atoms with Crippen molar-refractivity contribution in [2.45, 2.75) is 51.8 Å². The maximum absolute atomic E-state index is 12.3. The zero-order valence-corrected chi connectivity index (χ0v) is 16.2. The van der Waals surface area contributed by atoms with Crippen LogP contribution in [0.15, 0.2) is 22.7 Å². The first-order chi connectivity index (χ1) is 10.8. The van der Waals surface area contributed by atoms with E-state index in [1.54, 1.807) is 0 Å². The summed E-state index contributed by atoms with van der Waals surface area (Å²) in [4.78, 5) is 14.1. The molecule has 23 heavy (non-hydrogen) atoms. The maximum atomic E-state index is 12.3. The topological polar surface area (TPSA) is 41.6 Å². The van der Waals surface area contributed by atoms with Gasteiger partial charge in [0.05, 0.1) is 0 Å². The van der Waals surface area contributed by atoms with Gasteiger partial charge >= 0.3 is 6.09 Å². The van der Waals surface area contributed by atoms with Crippen molar-refractivity contribution < 1.29 is 9.53 Å². The first-order valence-corrected chi connectivity index (χ1v) is 9.07. The summed E-state index contributed by atoms with van der Waals surface area (Å²) in [6.07, 6.45) is 1.92. The van der Waals surface area contributed by atoms with Crippen LogP contribution in [0.25, 0.3) is 0 Å². The van der Waals surface area contributed by atoms with E-state index in [1.165, 1.54) is 0 Å². The third kappa shape index (κ3) is 6.32. The van der Waals surface area contributed by atoms with E-state index in [0.717, 1.165) is 27.9 Å². The van der Waals surface area contributed by atoms with Gasteiger partial charge in [0.25, 0.3) is 0 Å². The molecule has 0 atom stereocenters. The molecule has 0 spiro atoms. The van der Waals surface area contributed by atoms with Crippen molar-refractivity contribution in [3.63, 3.8) is 0 Å². The lowest BCUT2D eigenvalue weighted by Crippen LogP contribution is -2.41. The zero-order chi connectivity index (χ0) is 17.0. The summed E-state index contributed by atoms with van der Waals surface area (Å²) in [5, 5.41) is 4.08. The predicted molar refractivity (Wildman–Crippen MR) is 96.8 cm³/mol. The first-order valence-electron chi connectivity index (χ1n) is 7.90. The third-order valence-electron chi connectivity index (χ3n) is 3.47. The van der Waals surface area contributed by atoms with Gasteiger partial charge in [-0.1, -0.05) is 27.5 Å². The second-order valence-electron chi connectivity index (χ2n) is 6.82. The summed E-state index contributed by atoms with van der Waals surface area (Å²) in [5.74, 6) is 0. The van der Waals surface area contributed by atoms with E-state index in [9.17, 15) is 4.79 Å². The van der Waals surface area contributed by atoms with Crippen LogP contribution in [0.4, 0.5) is 4.79 Å². The second kappa shape index (κ2) is 7.86. The second-order valence-corrected chi connectivity index (χ2v) is 8.11. The highest BCUT2D eigenvalue weighted by Crippen LogP contribution is 2.28. The third-order valence-corrected chi connectivity index (χ3v) is 4.48. The Morgan fingerprint density at radius 1 is 1.43 bits per heavy atom. The van der Waals surface area contributed by atoms with Gasteiger partial charge in [-0.15, -0.1) is 0 Å². The van der Waals surface area contributed by atoms with Crippen LogP contribution in [0.3, 0.4) is 0 Å². The average molecular weight is 404 g/mol. The minimum atomic E-state index is -0.455. The van der Waals surface area contributed by atoms with Crippen LogP contribution in [0.5, 0.6) is 0 Å². The zero-order valence-electron chi connectivity index (χ0n) is 13.9. The van der Waals surface area contributed by atoms with Gasteiger partial charge in [0, 0.05) is 35.2 Å². The molecular formula is C17H24BrClN2O2. The number of nitrogens with one attached hydrogen (secondary N) is 1. The van der Waals surface area contributed by atoms with E-state index < -0.39 is 5.60 Å². The Labute approximate surface area is 151 Å². The van der Waals surface area contributed by atoms with Crippen LogP contribution in [-0.4, -0.2) is 35.7 Å². The Hall–Kier alpha value is -0.780. The largest absolute Gasteiger partial charge is 0.444 e. The number of ether oxygens (including phenoxy) is 1. The summed E-state index contributed by atoms with van der Waals surface area (Å²) in [7, 11) is 0. The molecule has 0 heterocycles. The van der Waals surface area contributed by atoms with Crippen molar-refractivity contribution in [1.82, 2.24) is 10.2 Å². The number of carbonyl (C=O) groups excluding carboxylic acids is 1. The minimum Gasteiger partial charge on any atom is -0.444 e. The molecule has 0 aromatic heterocycles. The standard InChI is InChI=1S/C17H24BrClN2O2/c1-17(2,3)23-16(22)21(14-5-6-14)9-8-20-11-12-10-13(19)4-7-15(12)18/h4,7,10,14,20H,5-6,8-9,11H2,1-3H3. The number of benzene rings is 1. The van der Waals surface area contributed by atoms with E-state index in [-0.39, 0.29) is 6.09 Å². The molecule has 1 aliphatic carbocycles. The normalized spacial score (nSPS) is 14.7. The molecule has 6 heteroatoms. The number of amides is 1. The molecule has 0 unspecified atom stereocenters. The fourth-order valence-corrected chi connectivity index (χ4v) is 2.81. The molecule has 1 N–H and O–H groups in total. The van der Waals surface area contributed by atoms with Crippen LogP contribution in [0.1, 0.15) is 39.2 Å². The quantitative estimate of drug-likeness (QED) is 0.706. The van der Waals surface area contributed by atoms with E-state index in [4.69, 9.17) is 16.3 Å². The minimum absolute atomic E-state index is 0.217. The molecule has 1 fully saturated rings. The van der Waals surface area contributed by atoms with E-state index in [2.05, 4.69) is 21.2 Å². The van der Waals surface area contributed by atoms with E-state index >= 15 is 0 Å².